The van der Waals surface area contributed by atoms with Crippen LogP contribution in [0.2, 0.25) is 0 Å². The van der Waals surface area contributed by atoms with Gasteiger partial charge in [-0.3, -0.25) is 0 Å². The lowest BCUT2D eigenvalue weighted by atomic mass is 10.0. The van der Waals surface area contributed by atoms with Crippen LogP contribution in [0.5, 0.6) is 5.75 Å². The molecule has 0 saturated heterocycles. The summed E-state index contributed by atoms with van der Waals surface area (Å²) in [7, 11) is 0. The molecule has 0 amide bonds. The van der Waals surface area contributed by atoms with Crippen molar-refractivity contribution in [1.82, 2.24) is 0 Å². The summed E-state index contributed by atoms with van der Waals surface area (Å²) in [5.74, 6) is 1.000. The van der Waals surface area contributed by atoms with Crippen molar-refractivity contribution in [3.63, 3.8) is 0 Å². The fraction of sp³-hybridized carbons (Fsp3) is 0.412. The van der Waals surface area contributed by atoms with Crippen LogP contribution in [0.3, 0.4) is 0 Å². The van der Waals surface area contributed by atoms with Crippen LogP contribution in [0, 0.1) is 0 Å². The Kier molecular flexibility index (Phi) is 4.63. The highest BCUT2D eigenvalue weighted by atomic mass is 16.5. The molecule has 0 radical (unpaired) electrons. The first-order chi connectivity index (χ1) is 8.85. The number of fused-ring (bicyclic) bond motifs is 1. The molecule has 0 heterocycles. The van der Waals surface area contributed by atoms with E-state index in [-0.39, 0.29) is 0 Å². The predicted octanol–water partition coefficient (Wildman–Crippen LogP) is 4.97. The van der Waals surface area contributed by atoms with Crippen LogP contribution in [0.25, 0.3) is 10.8 Å². The number of benzene rings is 2. The van der Waals surface area contributed by atoms with E-state index >= 15 is 0 Å². The number of unbranched alkanes of at least 4 members (excludes halogenated alkanes) is 2. The lowest BCUT2D eigenvalue weighted by Gasteiger charge is -2.09. The summed E-state index contributed by atoms with van der Waals surface area (Å²) in [5, 5.41) is 2.63. The minimum atomic E-state index is 0.827. The van der Waals surface area contributed by atoms with Gasteiger partial charge in [0.2, 0.25) is 0 Å². The van der Waals surface area contributed by atoms with Gasteiger partial charge >= 0.3 is 0 Å². The average Bonchev–Trinajstić information content (AvgIpc) is 2.43. The van der Waals surface area contributed by atoms with Gasteiger partial charge in [-0.2, -0.15) is 0 Å². The zero-order valence-electron chi connectivity index (χ0n) is 11.4. The van der Waals surface area contributed by atoms with Gasteiger partial charge in [-0.05, 0) is 41.3 Å². The van der Waals surface area contributed by atoms with Gasteiger partial charge in [0.1, 0.15) is 5.75 Å². The van der Waals surface area contributed by atoms with E-state index < -0.39 is 0 Å². The third-order valence-electron chi connectivity index (χ3n) is 3.34. The van der Waals surface area contributed by atoms with Crippen LogP contribution >= 0.6 is 0 Å². The fourth-order valence-electron chi connectivity index (χ4n) is 2.26. The van der Waals surface area contributed by atoms with E-state index in [9.17, 15) is 0 Å². The highest BCUT2D eigenvalue weighted by molar-refractivity contribution is 5.87. The van der Waals surface area contributed by atoms with Gasteiger partial charge in [-0.1, -0.05) is 51.0 Å². The van der Waals surface area contributed by atoms with E-state index in [0.29, 0.717) is 0 Å². The Morgan fingerprint density at radius 3 is 2.67 bits per heavy atom. The topological polar surface area (TPSA) is 9.23 Å². The standard InChI is InChI=1S/C17H22O/c1-3-5-6-12-18-16-11-10-15-9-7-8-14(4-2)17(15)13-16/h7-11,13H,3-6,12H2,1-2H3. The van der Waals surface area contributed by atoms with Gasteiger partial charge in [-0.25, -0.2) is 0 Å². The molecular formula is C17H22O. The van der Waals surface area contributed by atoms with E-state index in [1.807, 2.05) is 0 Å². The van der Waals surface area contributed by atoms with Gasteiger partial charge in [0.05, 0.1) is 6.61 Å². The van der Waals surface area contributed by atoms with Crippen molar-refractivity contribution in [1.29, 1.82) is 0 Å². The van der Waals surface area contributed by atoms with Gasteiger partial charge in [0.15, 0.2) is 0 Å². The fourth-order valence-corrected chi connectivity index (χ4v) is 2.26. The quantitative estimate of drug-likeness (QED) is 0.650. The van der Waals surface area contributed by atoms with Crippen LogP contribution in [0.1, 0.15) is 38.7 Å². The molecule has 1 heteroatoms. The van der Waals surface area contributed by atoms with Crippen molar-refractivity contribution in [3.8, 4) is 5.75 Å². The van der Waals surface area contributed by atoms with Crippen molar-refractivity contribution in [2.45, 2.75) is 39.5 Å². The van der Waals surface area contributed by atoms with Crippen LogP contribution in [-0.4, -0.2) is 6.61 Å². The largest absolute Gasteiger partial charge is 0.494 e. The minimum Gasteiger partial charge on any atom is -0.494 e. The van der Waals surface area contributed by atoms with Crippen LogP contribution < -0.4 is 4.74 Å². The van der Waals surface area contributed by atoms with Crippen LogP contribution in [0.4, 0.5) is 0 Å². The maximum absolute atomic E-state index is 5.82. The molecule has 0 atom stereocenters. The Morgan fingerprint density at radius 2 is 1.89 bits per heavy atom. The lowest BCUT2D eigenvalue weighted by molar-refractivity contribution is 0.306. The highest BCUT2D eigenvalue weighted by Crippen LogP contribution is 2.24. The van der Waals surface area contributed by atoms with E-state index in [0.717, 1.165) is 25.2 Å². The summed E-state index contributed by atoms with van der Waals surface area (Å²) in [4.78, 5) is 0. The molecule has 18 heavy (non-hydrogen) atoms. The Hall–Kier alpha value is -1.50. The van der Waals surface area contributed by atoms with Gasteiger partial charge in [0, 0.05) is 0 Å². The Balaban J connectivity index is 2.15. The van der Waals surface area contributed by atoms with E-state index in [2.05, 4.69) is 50.2 Å². The zero-order chi connectivity index (χ0) is 12.8. The van der Waals surface area contributed by atoms with E-state index in [4.69, 9.17) is 4.74 Å². The van der Waals surface area contributed by atoms with Crippen molar-refractivity contribution >= 4 is 10.8 Å². The molecule has 0 saturated carbocycles. The second kappa shape index (κ2) is 6.44. The molecule has 96 valence electrons. The third-order valence-corrected chi connectivity index (χ3v) is 3.34. The first-order valence-electron chi connectivity index (χ1n) is 6.99. The summed E-state index contributed by atoms with van der Waals surface area (Å²) in [5.41, 5.74) is 1.39. The zero-order valence-corrected chi connectivity index (χ0v) is 11.4. The van der Waals surface area contributed by atoms with Crippen molar-refractivity contribution in [2.24, 2.45) is 0 Å². The molecule has 0 spiro atoms. The van der Waals surface area contributed by atoms with Crippen molar-refractivity contribution in [2.75, 3.05) is 6.61 Å². The molecule has 1 nitrogen and oxygen atoms in total. The van der Waals surface area contributed by atoms with Crippen LogP contribution in [-0.2, 0) is 6.42 Å². The van der Waals surface area contributed by atoms with Crippen LogP contribution in [0.15, 0.2) is 36.4 Å². The molecule has 2 aromatic carbocycles. The molecular weight excluding hydrogens is 220 g/mol. The van der Waals surface area contributed by atoms with E-state index in [1.165, 1.54) is 29.2 Å². The first kappa shape index (κ1) is 12.9. The number of aryl methyl sites for hydroxylation is 1. The maximum Gasteiger partial charge on any atom is 0.119 e. The van der Waals surface area contributed by atoms with Gasteiger partial charge < -0.3 is 4.74 Å². The molecule has 0 unspecified atom stereocenters. The van der Waals surface area contributed by atoms with Gasteiger partial charge in [0.25, 0.3) is 0 Å². The number of ether oxygens (including phenoxy) is 1. The molecule has 0 aliphatic rings. The smallest absolute Gasteiger partial charge is 0.119 e. The summed E-state index contributed by atoms with van der Waals surface area (Å²) in [6.45, 7) is 5.24. The van der Waals surface area contributed by atoms with Gasteiger partial charge in [-0.15, -0.1) is 0 Å². The Labute approximate surface area is 110 Å². The Morgan fingerprint density at radius 1 is 1.00 bits per heavy atom. The van der Waals surface area contributed by atoms with E-state index in [1.54, 1.807) is 0 Å². The molecule has 0 aliphatic heterocycles. The summed E-state index contributed by atoms with van der Waals surface area (Å²) in [6.07, 6.45) is 4.69. The predicted molar refractivity (Wildman–Crippen MR) is 78.3 cm³/mol. The monoisotopic (exact) mass is 242 g/mol. The molecule has 0 aromatic heterocycles. The molecule has 2 aromatic rings. The summed E-state index contributed by atoms with van der Waals surface area (Å²) < 4.78 is 5.82. The molecule has 0 fully saturated rings. The average molecular weight is 242 g/mol. The lowest BCUT2D eigenvalue weighted by Crippen LogP contribution is -1.97. The normalized spacial score (nSPS) is 10.8. The first-order valence-corrected chi connectivity index (χ1v) is 6.99. The number of rotatable bonds is 6. The van der Waals surface area contributed by atoms with Crippen molar-refractivity contribution in [3.05, 3.63) is 42.0 Å². The second-order valence-electron chi connectivity index (χ2n) is 4.71. The number of hydrogen-bond acceptors (Lipinski definition) is 1. The summed E-state index contributed by atoms with van der Waals surface area (Å²) in [6, 6.07) is 12.9. The minimum absolute atomic E-state index is 0.827. The Bertz CT molecular complexity index is 502. The molecule has 0 bridgehead atoms. The molecule has 2 rings (SSSR count). The maximum atomic E-state index is 5.82. The third kappa shape index (κ3) is 3.04. The summed E-state index contributed by atoms with van der Waals surface area (Å²) >= 11 is 0. The second-order valence-corrected chi connectivity index (χ2v) is 4.71. The number of hydrogen-bond donors (Lipinski definition) is 0. The SMILES string of the molecule is CCCCCOc1ccc2cccc(CC)c2c1. The molecule has 0 N–H and O–H groups in total. The highest BCUT2D eigenvalue weighted by Gasteiger charge is 2.01. The van der Waals surface area contributed by atoms with Crippen molar-refractivity contribution < 1.29 is 4.74 Å². The molecule has 0 aliphatic carbocycles.